The predicted octanol–water partition coefficient (Wildman–Crippen LogP) is 2.53. The van der Waals surface area contributed by atoms with E-state index in [-0.39, 0.29) is 0 Å². The van der Waals surface area contributed by atoms with Crippen LogP contribution in [0.5, 0.6) is 0 Å². The zero-order valence-corrected chi connectivity index (χ0v) is 9.43. The van der Waals surface area contributed by atoms with Crippen molar-refractivity contribution in [1.29, 1.82) is 5.41 Å². The number of hydrogen-bond acceptors (Lipinski definition) is 1. The average Bonchev–Trinajstić information content (AvgIpc) is 2.08. The van der Waals surface area contributed by atoms with E-state index in [2.05, 4.69) is 15.9 Å². The fraction of sp³-hybridized carbons (Fsp3) is 0.300. The third kappa shape index (κ3) is 2.84. The van der Waals surface area contributed by atoms with Gasteiger partial charge in [-0.2, -0.15) is 0 Å². The molecule has 70 valence electrons. The average molecular weight is 241 g/mol. The number of likely N-dealkylation sites (N-methyl/N-ethyl adjacent to an activating group) is 1. The molecule has 0 saturated carbocycles. The van der Waals surface area contributed by atoms with Crippen LogP contribution < -0.4 is 0 Å². The van der Waals surface area contributed by atoms with Gasteiger partial charge in [0, 0.05) is 25.0 Å². The fourth-order valence-electron chi connectivity index (χ4n) is 0.980. The zero-order valence-electron chi connectivity index (χ0n) is 7.84. The molecular weight excluding hydrogens is 228 g/mol. The van der Waals surface area contributed by atoms with Crippen LogP contribution in [0.1, 0.15) is 5.56 Å². The molecule has 1 N–H and O–H groups in total. The van der Waals surface area contributed by atoms with Crippen LogP contribution in [0.2, 0.25) is 0 Å². The zero-order chi connectivity index (χ0) is 9.84. The molecule has 0 aliphatic rings. The second-order valence-corrected chi connectivity index (χ2v) is 3.96. The largest absolute Gasteiger partial charge is 0.366 e. The number of rotatable bonds is 2. The third-order valence-corrected chi connectivity index (χ3v) is 2.63. The van der Waals surface area contributed by atoms with E-state index in [4.69, 9.17) is 5.41 Å². The van der Waals surface area contributed by atoms with Crippen LogP contribution in [0.15, 0.2) is 28.7 Å². The van der Waals surface area contributed by atoms with E-state index in [1.165, 1.54) is 0 Å². The summed E-state index contributed by atoms with van der Waals surface area (Å²) >= 11 is 3.46. The Bertz CT molecular complexity index is 308. The van der Waals surface area contributed by atoms with Gasteiger partial charge in [-0.1, -0.05) is 34.1 Å². The molecule has 0 aromatic heterocycles. The van der Waals surface area contributed by atoms with Crippen LogP contribution in [0.4, 0.5) is 0 Å². The minimum absolute atomic E-state index is 0.618. The quantitative estimate of drug-likeness (QED) is 0.625. The van der Waals surface area contributed by atoms with Crippen molar-refractivity contribution in [3.63, 3.8) is 0 Å². The highest BCUT2D eigenvalue weighted by Gasteiger charge is 2.03. The van der Waals surface area contributed by atoms with Crippen molar-refractivity contribution < 1.29 is 0 Å². The van der Waals surface area contributed by atoms with Crippen LogP contribution in [-0.2, 0) is 6.42 Å². The van der Waals surface area contributed by atoms with E-state index in [9.17, 15) is 0 Å². The van der Waals surface area contributed by atoms with Gasteiger partial charge >= 0.3 is 0 Å². The standard InChI is InChI=1S/C10H13BrN2/c1-13(2)10(12)7-8-5-3-4-6-9(8)11/h3-6,12H,7H2,1-2H3. The molecule has 3 heteroatoms. The summed E-state index contributed by atoms with van der Waals surface area (Å²) < 4.78 is 1.07. The summed E-state index contributed by atoms with van der Waals surface area (Å²) in [6, 6.07) is 8.00. The van der Waals surface area contributed by atoms with Crippen molar-refractivity contribution in [2.24, 2.45) is 0 Å². The summed E-state index contributed by atoms with van der Waals surface area (Å²) in [5, 5.41) is 7.68. The summed E-state index contributed by atoms with van der Waals surface area (Å²) in [7, 11) is 3.78. The molecule has 1 rings (SSSR count). The molecule has 1 aromatic carbocycles. The van der Waals surface area contributed by atoms with Crippen LogP contribution in [0.25, 0.3) is 0 Å². The van der Waals surface area contributed by atoms with Gasteiger partial charge in [-0.3, -0.25) is 5.41 Å². The molecule has 0 amide bonds. The molecule has 0 unspecified atom stereocenters. The maximum absolute atomic E-state index is 7.68. The van der Waals surface area contributed by atoms with Gasteiger partial charge in [0.25, 0.3) is 0 Å². The van der Waals surface area contributed by atoms with Crippen molar-refractivity contribution in [3.05, 3.63) is 34.3 Å². The van der Waals surface area contributed by atoms with Gasteiger partial charge in [-0.15, -0.1) is 0 Å². The van der Waals surface area contributed by atoms with Crippen molar-refractivity contribution >= 4 is 21.8 Å². The summed E-state index contributed by atoms with van der Waals surface area (Å²) in [4.78, 5) is 1.82. The Hall–Kier alpha value is -0.830. The lowest BCUT2D eigenvalue weighted by atomic mass is 10.1. The maximum atomic E-state index is 7.68. The first-order chi connectivity index (χ1) is 6.11. The summed E-state index contributed by atoms with van der Waals surface area (Å²) in [5.74, 6) is 0.618. The van der Waals surface area contributed by atoms with Crippen molar-refractivity contribution in [3.8, 4) is 0 Å². The lowest BCUT2D eigenvalue weighted by molar-refractivity contribution is 0.604. The number of nitrogens with zero attached hydrogens (tertiary/aromatic N) is 1. The Labute approximate surface area is 87.2 Å². The molecular formula is C10H13BrN2. The van der Waals surface area contributed by atoms with Crippen LogP contribution in [-0.4, -0.2) is 24.8 Å². The Morgan fingerprint density at radius 3 is 2.54 bits per heavy atom. The Kier molecular flexibility index (Phi) is 3.48. The van der Waals surface area contributed by atoms with Crippen molar-refractivity contribution in [2.75, 3.05) is 14.1 Å². The van der Waals surface area contributed by atoms with Crippen LogP contribution in [0, 0.1) is 5.41 Å². The van der Waals surface area contributed by atoms with E-state index in [1.807, 2.05) is 43.3 Å². The molecule has 0 bridgehead atoms. The van der Waals surface area contributed by atoms with Gasteiger partial charge in [-0.05, 0) is 11.6 Å². The molecule has 0 fully saturated rings. The normalized spacial score (nSPS) is 9.77. The lowest BCUT2D eigenvalue weighted by Crippen LogP contribution is -2.22. The van der Waals surface area contributed by atoms with Gasteiger partial charge in [0.15, 0.2) is 0 Å². The second-order valence-electron chi connectivity index (χ2n) is 3.11. The fourth-order valence-corrected chi connectivity index (χ4v) is 1.41. The summed E-state index contributed by atoms with van der Waals surface area (Å²) in [5.41, 5.74) is 1.15. The van der Waals surface area contributed by atoms with Crippen molar-refractivity contribution in [2.45, 2.75) is 6.42 Å². The highest BCUT2D eigenvalue weighted by atomic mass is 79.9. The number of halogens is 1. The minimum Gasteiger partial charge on any atom is -0.366 e. The Morgan fingerprint density at radius 1 is 1.38 bits per heavy atom. The molecule has 0 heterocycles. The second kappa shape index (κ2) is 4.42. The topological polar surface area (TPSA) is 27.1 Å². The van der Waals surface area contributed by atoms with Gasteiger partial charge < -0.3 is 4.90 Å². The predicted molar refractivity (Wildman–Crippen MR) is 59.3 cm³/mol. The molecule has 0 aliphatic heterocycles. The highest BCUT2D eigenvalue weighted by molar-refractivity contribution is 9.10. The van der Waals surface area contributed by atoms with Gasteiger partial charge in [-0.25, -0.2) is 0 Å². The minimum atomic E-state index is 0.618. The van der Waals surface area contributed by atoms with Gasteiger partial charge in [0.1, 0.15) is 0 Å². The number of amidine groups is 1. The monoisotopic (exact) mass is 240 g/mol. The highest BCUT2D eigenvalue weighted by Crippen LogP contribution is 2.16. The smallest absolute Gasteiger partial charge is 0.0997 e. The van der Waals surface area contributed by atoms with E-state index in [0.717, 1.165) is 10.0 Å². The van der Waals surface area contributed by atoms with E-state index >= 15 is 0 Å². The summed E-state index contributed by atoms with van der Waals surface area (Å²) in [6.07, 6.45) is 0.675. The number of hydrogen-bond donors (Lipinski definition) is 1. The van der Waals surface area contributed by atoms with Gasteiger partial charge in [0.2, 0.25) is 0 Å². The van der Waals surface area contributed by atoms with Crippen LogP contribution >= 0.6 is 15.9 Å². The first kappa shape index (κ1) is 10.3. The third-order valence-electron chi connectivity index (χ3n) is 1.86. The maximum Gasteiger partial charge on any atom is 0.0997 e. The van der Waals surface area contributed by atoms with E-state index < -0.39 is 0 Å². The molecule has 2 nitrogen and oxygen atoms in total. The first-order valence-corrected chi connectivity index (χ1v) is 4.88. The van der Waals surface area contributed by atoms with E-state index in [1.54, 1.807) is 0 Å². The number of nitrogens with one attached hydrogen (secondary N) is 1. The Morgan fingerprint density at radius 2 is 2.00 bits per heavy atom. The van der Waals surface area contributed by atoms with Crippen LogP contribution in [0.3, 0.4) is 0 Å². The van der Waals surface area contributed by atoms with Gasteiger partial charge in [0.05, 0.1) is 5.84 Å². The Balaban J connectivity index is 2.75. The van der Waals surface area contributed by atoms with Crippen molar-refractivity contribution in [1.82, 2.24) is 4.90 Å². The molecule has 13 heavy (non-hydrogen) atoms. The molecule has 0 saturated heterocycles. The first-order valence-electron chi connectivity index (χ1n) is 4.09. The number of benzene rings is 1. The molecule has 0 aliphatic carbocycles. The molecule has 0 atom stereocenters. The molecule has 0 spiro atoms. The SMILES string of the molecule is CN(C)C(=N)Cc1ccccc1Br. The molecule has 1 aromatic rings. The molecule has 0 radical (unpaired) electrons. The van der Waals surface area contributed by atoms with E-state index in [0.29, 0.717) is 12.3 Å². The lowest BCUT2D eigenvalue weighted by Gasteiger charge is -2.14. The summed E-state index contributed by atoms with van der Waals surface area (Å²) in [6.45, 7) is 0.